The zero-order valence-electron chi connectivity index (χ0n) is 11.3. The van der Waals surface area contributed by atoms with Crippen LogP contribution in [0.5, 0.6) is 0 Å². The maximum absolute atomic E-state index is 12.0. The highest BCUT2D eigenvalue weighted by atomic mass is 16.2. The summed E-state index contributed by atoms with van der Waals surface area (Å²) in [5.74, 6) is -0.728. The van der Waals surface area contributed by atoms with Crippen molar-refractivity contribution < 1.29 is 9.59 Å². The van der Waals surface area contributed by atoms with Crippen molar-refractivity contribution in [1.29, 1.82) is 0 Å². The van der Waals surface area contributed by atoms with E-state index in [-0.39, 0.29) is 18.4 Å². The van der Waals surface area contributed by atoms with Crippen LogP contribution in [-0.2, 0) is 9.59 Å². The number of amides is 2. The van der Waals surface area contributed by atoms with Crippen LogP contribution in [-0.4, -0.2) is 60.4 Å². The lowest BCUT2D eigenvalue weighted by Crippen LogP contribution is -2.51. The molecule has 2 amide bonds. The van der Waals surface area contributed by atoms with Gasteiger partial charge in [-0.15, -0.1) is 0 Å². The van der Waals surface area contributed by atoms with Crippen molar-refractivity contribution in [2.45, 2.75) is 38.3 Å². The molecule has 0 aromatic heterocycles. The van der Waals surface area contributed by atoms with Gasteiger partial charge >= 0.3 is 0 Å². The molecule has 1 unspecified atom stereocenters. The highest BCUT2D eigenvalue weighted by Gasteiger charge is 2.28. The quantitative estimate of drug-likeness (QED) is 0.669. The Morgan fingerprint density at radius 2 is 1.94 bits per heavy atom. The molecule has 0 radical (unpaired) electrons. The number of piperidine rings is 1. The third-order valence-electron chi connectivity index (χ3n) is 3.64. The number of hydrogen-bond donors (Lipinski definition) is 2. The largest absolute Gasteiger partial charge is 0.370 e. The molecule has 104 valence electrons. The van der Waals surface area contributed by atoms with Crippen molar-refractivity contribution >= 4 is 11.8 Å². The molecule has 1 heterocycles. The Hall–Kier alpha value is -1.14. The van der Waals surface area contributed by atoms with Crippen LogP contribution in [0.2, 0.25) is 0 Å². The SMILES string of the molecule is CCN1CCC(N(C)C(=O)C(N)CC(N)=O)CC1. The van der Waals surface area contributed by atoms with E-state index in [0.717, 1.165) is 32.5 Å². The van der Waals surface area contributed by atoms with Crippen molar-refractivity contribution in [3.63, 3.8) is 0 Å². The summed E-state index contributed by atoms with van der Waals surface area (Å²) in [6.07, 6.45) is 1.83. The lowest BCUT2D eigenvalue weighted by molar-refractivity contribution is -0.136. The molecule has 1 aliphatic rings. The molecular weight excluding hydrogens is 232 g/mol. The average Bonchev–Trinajstić information content (AvgIpc) is 2.36. The zero-order valence-corrected chi connectivity index (χ0v) is 11.3. The minimum absolute atomic E-state index is 0.0863. The Kier molecular flexibility index (Phi) is 5.55. The molecule has 6 heteroatoms. The van der Waals surface area contributed by atoms with Crippen molar-refractivity contribution in [2.75, 3.05) is 26.7 Å². The Bertz CT molecular complexity index is 300. The number of primary amides is 1. The summed E-state index contributed by atoms with van der Waals surface area (Å²) in [7, 11) is 1.76. The third kappa shape index (κ3) is 3.96. The number of nitrogens with two attached hydrogens (primary N) is 2. The first-order chi connectivity index (χ1) is 8.45. The highest BCUT2D eigenvalue weighted by Crippen LogP contribution is 2.16. The second-order valence-electron chi connectivity index (χ2n) is 4.89. The summed E-state index contributed by atoms with van der Waals surface area (Å²) in [6.45, 7) is 5.19. The lowest BCUT2D eigenvalue weighted by Gasteiger charge is -2.37. The summed E-state index contributed by atoms with van der Waals surface area (Å²) in [5.41, 5.74) is 10.7. The Morgan fingerprint density at radius 3 is 2.39 bits per heavy atom. The van der Waals surface area contributed by atoms with E-state index in [1.165, 1.54) is 0 Å². The fourth-order valence-corrected chi connectivity index (χ4v) is 2.37. The Balaban J connectivity index is 2.46. The van der Waals surface area contributed by atoms with E-state index < -0.39 is 11.9 Å². The van der Waals surface area contributed by atoms with Crippen LogP contribution in [0.25, 0.3) is 0 Å². The fourth-order valence-electron chi connectivity index (χ4n) is 2.37. The number of carbonyl (C=O) groups is 2. The molecule has 6 nitrogen and oxygen atoms in total. The van der Waals surface area contributed by atoms with Crippen LogP contribution in [0, 0.1) is 0 Å². The number of likely N-dealkylation sites (tertiary alicyclic amines) is 1. The maximum Gasteiger partial charge on any atom is 0.240 e. The number of nitrogens with zero attached hydrogens (tertiary/aromatic N) is 2. The predicted molar refractivity (Wildman–Crippen MR) is 69.7 cm³/mol. The van der Waals surface area contributed by atoms with E-state index in [1.54, 1.807) is 11.9 Å². The second kappa shape index (κ2) is 6.70. The van der Waals surface area contributed by atoms with Gasteiger partial charge in [0.15, 0.2) is 0 Å². The summed E-state index contributed by atoms with van der Waals surface area (Å²) in [6, 6.07) is -0.587. The monoisotopic (exact) mass is 256 g/mol. The second-order valence-corrected chi connectivity index (χ2v) is 4.89. The molecule has 1 aliphatic heterocycles. The predicted octanol–water partition coefficient (Wildman–Crippen LogP) is -0.868. The van der Waals surface area contributed by atoms with Gasteiger partial charge in [0.1, 0.15) is 0 Å². The molecule has 0 aliphatic carbocycles. The van der Waals surface area contributed by atoms with Crippen LogP contribution in [0.3, 0.4) is 0 Å². The first-order valence-corrected chi connectivity index (χ1v) is 6.48. The minimum atomic E-state index is -0.809. The Labute approximate surface area is 108 Å². The van der Waals surface area contributed by atoms with E-state index in [2.05, 4.69) is 11.8 Å². The van der Waals surface area contributed by atoms with E-state index >= 15 is 0 Å². The normalized spacial score (nSPS) is 19.5. The maximum atomic E-state index is 12.0. The van der Waals surface area contributed by atoms with E-state index in [0.29, 0.717) is 0 Å². The molecule has 18 heavy (non-hydrogen) atoms. The summed E-state index contributed by atoms with van der Waals surface area (Å²) in [5, 5.41) is 0. The van der Waals surface area contributed by atoms with E-state index in [1.807, 2.05) is 0 Å². The summed E-state index contributed by atoms with van der Waals surface area (Å²) < 4.78 is 0. The summed E-state index contributed by atoms with van der Waals surface area (Å²) in [4.78, 5) is 26.8. The van der Waals surface area contributed by atoms with Crippen molar-refractivity contribution in [1.82, 2.24) is 9.80 Å². The topological polar surface area (TPSA) is 92.7 Å². The first kappa shape index (κ1) is 14.9. The number of rotatable bonds is 5. The molecule has 0 aromatic carbocycles. The number of hydrogen-bond acceptors (Lipinski definition) is 4. The molecule has 0 spiro atoms. The molecule has 0 aromatic rings. The van der Waals surface area contributed by atoms with Gasteiger partial charge in [-0.25, -0.2) is 0 Å². The molecular formula is C12H24N4O2. The standard InChI is InChI=1S/C12H24N4O2/c1-3-16-6-4-9(5-7-16)15(2)12(18)10(13)8-11(14)17/h9-10H,3-8,13H2,1-2H3,(H2,14,17). The van der Waals surface area contributed by atoms with Gasteiger partial charge in [0.05, 0.1) is 12.5 Å². The molecule has 0 bridgehead atoms. The van der Waals surface area contributed by atoms with Crippen molar-refractivity contribution in [3.8, 4) is 0 Å². The van der Waals surface area contributed by atoms with Gasteiger partial charge < -0.3 is 21.3 Å². The zero-order chi connectivity index (χ0) is 13.7. The van der Waals surface area contributed by atoms with Crippen LogP contribution in [0.4, 0.5) is 0 Å². The smallest absolute Gasteiger partial charge is 0.240 e. The average molecular weight is 256 g/mol. The molecule has 1 rings (SSSR count). The molecule has 0 saturated carbocycles. The number of carbonyl (C=O) groups excluding carboxylic acids is 2. The van der Waals surface area contributed by atoms with Gasteiger partial charge in [-0.05, 0) is 19.4 Å². The van der Waals surface area contributed by atoms with Crippen LogP contribution in [0.1, 0.15) is 26.2 Å². The van der Waals surface area contributed by atoms with Gasteiger partial charge in [0.25, 0.3) is 0 Å². The summed E-state index contributed by atoms with van der Waals surface area (Å²) >= 11 is 0. The van der Waals surface area contributed by atoms with Crippen LogP contribution < -0.4 is 11.5 Å². The fraction of sp³-hybridized carbons (Fsp3) is 0.833. The molecule has 4 N–H and O–H groups in total. The van der Waals surface area contributed by atoms with Gasteiger partial charge in [-0.1, -0.05) is 6.92 Å². The highest BCUT2D eigenvalue weighted by molar-refractivity contribution is 5.87. The van der Waals surface area contributed by atoms with Crippen molar-refractivity contribution in [2.24, 2.45) is 11.5 Å². The third-order valence-corrected chi connectivity index (χ3v) is 3.64. The van der Waals surface area contributed by atoms with Gasteiger partial charge in [-0.3, -0.25) is 9.59 Å². The van der Waals surface area contributed by atoms with E-state index in [9.17, 15) is 9.59 Å². The van der Waals surface area contributed by atoms with Crippen LogP contribution in [0.15, 0.2) is 0 Å². The molecule has 1 saturated heterocycles. The van der Waals surface area contributed by atoms with E-state index in [4.69, 9.17) is 11.5 Å². The Morgan fingerprint density at radius 1 is 1.39 bits per heavy atom. The number of likely N-dealkylation sites (N-methyl/N-ethyl adjacent to an activating group) is 1. The first-order valence-electron chi connectivity index (χ1n) is 6.48. The van der Waals surface area contributed by atoms with Gasteiger partial charge in [-0.2, -0.15) is 0 Å². The van der Waals surface area contributed by atoms with Crippen LogP contribution >= 0.6 is 0 Å². The van der Waals surface area contributed by atoms with Gasteiger partial charge in [0.2, 0.25) is 11.8 Å². The minimum Gasteiger partial charge on any atom is -0.370 e. The molecule has 1 fully saturated rings. The lowest BCUT2D eigenvalue weighted by atomic mass is 10.0. The van der Waals surface area contributed by atoms with Crippen molar-refractivity contribution in [3.05, 3.63) is 0 Å². The molecule has 1 atom stereocenters. The van der Waals surface area contributed by atoms with Gasteiger partial charge in [0, 0.05) is 26.2 Å².